The van der Waals surface area contributed by atoms with Crippen LogP contribution in [0.2, 0.25) is 0 Å². The molecular weight excluding hydrogens is 300 g/mol. The third-order valence-electron chi connectivity index (χ3n) is 3.91. The molecule has 0 saturated carbocycles. The Morgan fingerprint density at radius 3 is 2.64 bits per heavy atom. The highest BCUT2D eigenvalue weighted by atomic mass is 32.1. The summed E-state index contributed by atoms with van der Waals surface area (Å²) >= 11 is 1.47. The van der Waals surface area contributed by atoms with Gasteiger partial charge in [0.1, 0.15) is 5.54 Å². The minimum Gasteiger partial charge on any atom is -0.387 e. The lowest BCUT2D eigenvalue weighted by Gasteiger charge is -2.22. The van der Waals surface area contributed by atoms with E-state index < -0.39 is 17.7 Å². The number of nitrogens with one attached hydrogen (secondary N) is 1. The first kappa shape index (κ1) is 14.7. The molecule has 6 heteroatoms. The van der Waals surface area contributed by atoms with Crippen molar-refractivity contribution < 1.29 is 14.7 Å². The van der Waals surface area contributed by atoms with Gasteiger partial charge in [-0.25, -0.2) is 4.79 Å². The fourth-order valence-electron chi connectivity index (χ4n) is 2.56. The second-order valence-electron chi connectivity index (χ2n) is 5.41. The van der Waals surface area contributed by atoms with Gasteiger partial charge in [0.25, 0.3) is 5.91 Å². The standard InChI is InChI=1S/C16H16N2O3S/c1-16(12-7-8-22-10-12)14(20)18(15(21)17-16)9-13(19)11-5-3-2-4-6-11/h2-8,10,13,19H,9H2,1H3,(H,17,21). The first-order chi connectivity index (χ1) is 10.5. The van der Waals surface area contributed by atoms with Crippen molar-refractivity contribution in [3.63, 3.8) is 0 Å². The van der Waals surface area contributed by atoms with Gasteiger partial charge in [0, 0.05) is 0 Å². The highest BCUT2D eigenvalue weighted by molar-refractivity contribution is 7.08. The van der Waals surface area contributed by atoms with E-state index in [0.29, 0.717) is 5.56 Å². The fraction of sp³-hybridized carbons (Fsp3) is 0.250. The normalized spacial score (nSPS) is 22.7. The molecule has 1 aromatic heterocycles. The van der Waals surface area contributed by atoms with Gasteiger partial charge < -0.3 is 10.4 Å². The number of nitrogens with zero attached hydrogens (tertiary/aromatic N) is 1. The number of hydrogen-bond acceptors (Lipinski definition) is 4. The average Bonchev–Trinajstić information content (AvgIpc) is 3.13. The van der Waals surface area contributed by atoms with E-state index in [1.165, 1.54) is 11.3 Å². The van der Waals surface area contributed by atoms with Gasteiger partial charge in [-0.1, -0.05) is 30.3 Å². The van der Waals surface area contributed by atoms with Crippen molar-refractivity contribution in [2.24, 2.45) is 0 Å². The highest BCUT2D eigenvalue weighted by Crippen LogP contribution is 2.31. The van der Waals surface area contributed by atoms with Crippen molar-refractivity contribution in [1.82, 2.24) is 10.2 Å². The van der Waals surface area contributed by atoms with E-state index in [0.717, 1.165) is 10.5 Å². The zero-order valence-corrected chi connectivity index (χ0v) is 12.8. The molecule has 5 nitrogen and oxygen atoms in total. The van der Waals surface area contributed by atoms with Gasteiger partial charge in [-0.3, -0.25) is 9.69 Å². The SMILES string of the molecule is CC1(c2ccsc2)NC(=O)N(CC(O)c2ccccc2)C1=O. The van der Waals surface area contributed by atoms with Gasteiger partial charge >= 0.3 is 6.03 Å². The Bertz CT molecular complexity index is 687. The van der Waals surface area contributed by atoms with Crippen molar-refractivity contribution in [2.75, 3.05) is 6.54 Å². The van der Waals surface area contributed by atoms with Crippen LogP contribution in [0.15, 0.2) is 47.2 Å². The molecule has 3 rings (SSSR count). The largest absolute Gasteiger partial charge is 0.387 e. The number of benzene rings is 1. The van der Waals surface area contributed by atoms with E-state index in [9.17, 15) is 14.7 Å². The number of aliphatic hydroxyl groups excluding tert-OH is 1. The van der Waals surface area contributed by atoms with E-state index in [1.54, 1.807) is 31.2 Å². The smallest absolute Gasteiger partial charge is 0.325 e. The zero-order valence-electron chi connectivity index (χ0n) is 12.0. The molecule has 2 aromatic rings. The Morgan fingerprint density at radius 2 is 2.00 bits per heavy atom. The molecule has 1 aliphatic heterocycles. The van der Waals surface area contributed by atoms with E-state index >= 15 is 0 Å². The van der Waals surface area contributed by atoms with E-state index in [1.807, 2.05) is 22.9 Å². The molecule has 114 valence electrons. The second kappa shape index (κ2) is 5.55. The summed E-state index contributed by atoms with van der Waals surface area (Å²) in [5.41, 5.74) is 0.368. The molecule has 1 fully saturated rings. The molecule has 0 bridgehead atoms. The summed E-state index contributed by atoms with van der Waals surface area (Å²) in [5.74, 6) is -0.342. The summed E-state index contributed by atoms with van der Waals surface area (Å²) in [6.45, 7) is 1.62. The van der Waals surface area contributed by atoms with Gasteiger partial charge in [0.2, 0.25) is 0 Å². The van der Waals surface area contributed by atoms with Crippen LogP contribution in [0.4, 0.5) is 4.79 Å². The maximum atomic E-state index is 12.6. The van der Waals surface area contributed by atoms with Crippen LogP contribution in [0.25, 0.3) is 0 Å². The molecule has 1 saturated heterocycles. The second-order valence-corrected chi connectivity index (χ2v) is 6.19. The predicted molar refractivity (Wildman–Crippen MR) is 83.3 cm³/mol. The highest BCUT2D eigenvalue weighted by Gasteiger charge is 2.49. The van der Waals surface area contributed by atoms with Gasteiger partial charge in [-0.05, 0) is 34.9 Å². The third kappa shape index (κ3) is 2.40. The monoisotopic (exact) mass is 316 g/mol. The Balaban J connectivity index is 1.81. The van der Waals surface area contributed by atoms with E-state index in [4.69, 9.17) is 0 Å². The third-order valence-corrected chi connectivity index (χ3v) is 4.60. The summed E-state index contributed by atoms with van der Waals surface area (Å²) in [5, 5.41) is 16.7. The lowest BCUT2D eigenvalue weighted by Crippen LogP contribution is -2.41. The van der Waals surface area contributed by atoms with Crippen LogP contribution >= 0.6 is 11.3 Å². The molecule has 0 aliphatic carbocycles. The number of carbonyl (C=O) groups is 2. The molecule has 1 aromatic carbocycles. The molecule has 0 radical (unpaired) electrons. The molecular formula is C16H16N2O3S. The van der Waals surface area contributed by atoms with Crippen molar-refractivity contribution in [3.8, 4) is 0 Å². The van der Waals surface area contributed by atoms with Gasteiger partial charge in [-0.15, -0.1) is 0 Å². The molecule has 2 unspecified atom stereocenters. The Labute approximate surface area is 132 Å². The fourth-order valence-corrected chi connectivity index (χ4v) is 3.33. The Kier molecular flexibility index (Phi) is 3.72. The number of amides is 3. The van der Waals surface area contributed by atoms with Crippen LogP contribution in [0, 0.1) is 0 Å². The molecule has 2 heterocycles. The van der Waals surface area contributed by atoms with E-state index in [2.05, 4.69) is 5.32 Å². The molecule has 0 spiro atoms. The van der Waals surface area contributed by atoms with Crippen LogP contribution in [0.5, 0.6) is 0 Å². The number of aliphatic hydroxyl groups is 1. The summed E-state index contributed by atoms with van der Waals surface area (Å²) in [6.07, 6.45) is -0.902. The van der Waals surface area contributed by atoms with Crippen molar-refractivity contribution in [3.05, 3.63) is 58.3 Å². The minimum atomic E-state index is -1.06. The average molecular weight is 316 g/mol. The van der Waals surface area contributed by atoms with Crippen molar-refractivity contribution in [1.29, 1.82) is 0 Å². The number of thiophene rings is 1. The minimum absolute atomic E-state index is 0.0611. The van der Waals surface area contributed by atoms with Crippen LogP contribution in [0.3, 0.4) is 0 Å². The Hall–Kier alpha value is -2.18. The number of rotatable bonds is 4. The lowest BCUT2D eigenvalue weighted by atomic mass is 9.95. The summed E-state index contributed by atoms with van der Waals surface area (Å²) in [7, 11) is 0. The Morgan fingerprint density at radius 1 is 1.27 bits per heavy atom. The molecule has 1 aliphatic rings. The van der Waals surface area contributed by atoms with Crippen LogP contribution in [-0.4, -0.2) is 28.5 Å². The van der Waals surface area contributed by atoms with Gasteiger partial charge in [0.05, 0.1) is 12.6 Å². The summed E-state index contributed by atoms with van der Waals surface area (Å²) in [4.78, 5) is 25.9. The maximum absolute atomic E-state index is 12.6. The van der Waals surface area contributed by atoms with Crippen LogP contribution in [-0.2, 0) is 10.3 Å². The van der Waals surface area contributed by atoms with Gasteiger partial charge in [-0.2, -0.15) is 11.3 Å². The van der Waals surface area contributed by atoms with E-state index in [-0.39, 0.29) is 12.5 Å². The first-order valence-electron chi connectivity index (χ1n) is 6.92. The molecule has 22 heavy (non-hydrogen) atoms. The van der Waals surface area contributed by atoms with Crippen LogP contribution in [0.1, 0.15) is 24.2 Å². The summed E-state index contributed by atoms with van der Waals surface area (Å²) < 4.78 is 0. The number of carbonyl (C=O) groups excluding carboxylic acids is 2. The number of hydrogen-bond donors (Lipinski definition) is 2. The molecule has 3 amide bonds. The number of urea groups is 1. The first-order valence-corrected chi connectivity index (χ1v) is 7.86. The lowest BCUT2D eigenvalue weighted by molar-refractivity contribution is -0.132. The number of imide groups is 1. The summed E-state index contributed by atoms with van der Waals surface area (Å²) in [6, 6.07) is 10.3. The molecule has 2 N–H and O–H groups in total. The predicted octanol–water partition coefficient (Wildman–Crippen LogP) is 2.25. The van der Waals surface area contributed by atoms with Crippen molar-refractivity contribution in [2.45, 2.75) is 18.6 Å². The van der Waals surface area contributed by atoms with Gasteiger partial charge in [0.15, 0.2) is 0 Å². The number of β-amino-alcohol motifs (C(OH)–C–C–N with tert-alkyl or cyclic N) is 1. The quantitative estimate of drug-likeness (QED) is 0.850. The maximum Gasteiger partial charge on any atom is 0.325 e. The zero-order chi connectivity index (χ0) is 15.7. The van der Waals surface area contributed by atoms with Crippen molar-refractivity contribution >= 4 is 23.3 Å². The topological polar surface area (TPSA) is 69.6 Å². The van der Waals surface area contributed by atoms with Crippen LogP contribution < -0.4 is 5.32 Å². The molecule has 2 atom stereocenters.